The molecule has 4 aromatic carbocycles. The zero-order chi connectivity index (χ0) is 27.6. The van der Waals surface area contributed by atoms with E-state index in [-0.39, 0.29) is 6.61 Å². The summed E-state index contributed by atoms with van der Waals surface area (Å²) in [5.74, 6) is 0. The smallest absolute Gasteiger partial charge is 0.178 e. The average molecular weight is 560 g/mol. The first-order chi connectivity index (χ1) is 19.7. The third-order valence-electron chi connectivity index (χ3n) is 6.81. The summed E-state index contributed by atoms with van der Waals surface area (Å²) in [4.78, 5) is 0. The number of aliphatic hydroxyl groups is 1. The van der Waals surface area contributed by atoms with Crippen molar-refractivity contribution in [3.63, 3.8) is 0 Å². The molecule has 1 fully saturated rings. The Morgan fingerprint density at radius 3 is 1.70 bits per heavy atom. The van der Waals surface area contributed by atoms with Gasteiger partial charge in [0.1, 0.15) is 24.4 Å². The number of aliphatic hydroxyl groups excluding tert-OH is 1. The molecule has 0 unspecified atom stereocenters. The first-order valence-electron chi connectivity index (χ1n) is 13.4. The van der Waals surface area contributed by atoms with Crippen LogP contribution < -0.4 is 5.32 Å². The quantitative estimate of drug-likeness (QED) is 0.215. The van der Waals surface area contributed by atoms with Crippen molar-refractivity contribution in [2.75, 3.05) is 11.9 Å². The second kappa shape index (κ2) is 14.4. The van der Waals surface area contributed by atoms with E-state index in [0.717, 1.165) is 22.4 Å². The minimum absolute atomic E-state index is 0.226. The summed E-state index contributed by atoms with van der Waals surface area (Å²) in [6.07, 6.45) is -2.83. The molecule has 4 aromatic rings. The van der Waals surface area contributed by atoms with Crippen LogP contribution in [0.2, 0.25) is 5.02 Å². The van der Waals surface area contributed by atoms with Crippen LogP contribution in [-0.4, -0.2) is 42.4 Å². The van der Waals surface area contributed by atoms with Gasteiger partial charge in [-0.25, -0.2) is 0 Å². The molecule has 0 saturated carbocycles. The van der Waals surface area contributed by atoms with E-state index >= 15 is 0 Å². The van der Waals surface area contributed by atoms with Gasteiger partial charge in [0.15, 0.2) is 6.29 Å². The van der Waals surface area contributed by atoms with Gasteiger partial charge < -0.3 is 29.4 Å². The van der Waals surface area contributed by atoms with Crippen molar-refractivity contribution in [3.05, 3.63) is 137 Å². The lowest BCUT2D eigenvalue weighted by molar-refractivity contribution is -0.270. The van der Waals surface area contributed by atoms with Crippen molar-refractivity contribution in [2.45, 2.75) is 50.5 Å². The van der Waals surface area contributed by atoms with Crippen LogP contribution in [0.3, 0.4) is 0 Å². The number of hydrogen-bond acceptors (Lipinski definition) is 6. The average Bonchev–Trinajstić information content (AvgIpc) is 2.99. The van der Waals surface area contributed by atoms with Gasteiger partial charge >= 0.3 is 0 Å². The minimum Gasteiger partial charge on any atom is -0.375 e. The fourth-order valence-electron chi connectivity index (χ4n) is 4.75. The van der Waals surface area contributed by atoms with E-state index in [1.165, 1.54) is 0 Å². The largest absolute Gasteiger partial charge is 0.375 e. The Kier molecular flexibility index (Phi) is 10.2. The van der Waals surface area contributed by atoms with Crippen LogP contribution in [0.15, 0.2) is 115 Å². The third kappa shape index (κ3) is 7.92. The van der Waals surface area contributed by atoms with Crippen LogP contribution in [0, 0.1) is 0 Å². The van der Waals surface area contributed by atoms with Crippen LogP contribution in [0.25, 0.3) is 0 Å². The minimum atomic E-state index is -1.17. The van der Waals surface area contributed by atoms with Crippen molar-refractivity contribution in [1.29, 1.82) is 0 Å². The number of ether oxygens (including phenoxy) is 4. The number of rotatable bonds is 12. The monoisotopic (exact) mass is 559 g/mol. The Morgan fingerprint density at radius 1 is 0.650 bits per heavy atom. The van der Waals surface area contributed by atoms with E-state index in [0.29, 0.717) is 24.8 Å². The van der Waals surface area contributed by atoms with Gasteiger partial charge in [0.05, 0.1) is 26.4 Å². The summed E-state index contributed by atoms with van der Waals surface area (Å²) in [5.41, 5.74) is 3.89. The van der Waals surface area contributed by atoms with Crippen molar-refractivity contribution in [1.82, 2.24) is 0 Å². The van der Waals surface area contributed by atoms with Crippen LogP contribution in [0.4, 0.5) is 5.69 Å². The summed E-state index contributed by atoms with van der Waals surface area (Å²) in [6.45, 7) is 1.35. The van der Waals surface area contributed by atoms with E-state index in [1.807, 2.05) is 103 Å². The first-order valence-corrected chi connectivity index (χ1v) is 13.8. The third-order valence-corrected chi connectivity index (χ3v) is 7.06. The fraction of sp³-hybridized carbons (Fsp3) is 0.273. The molecule has 1 aliphatic rings. The van der Waals surface area contributed by atoms with Crippen molar-refractivity contribution >= 4 is 17.3 Å². The van der Waals surface area contributed by atoms with Gasteiger partial charge in [0, 0.05) is 10.7 Å². The van der Waals surface area contributed by atoms with E-state index in [4.69, 9.17) is 30.5 Å². The molecule has 0 bridgehead atoms. The highest BCUT2D eigenvalue weighted by molar-refractivity contribution is 6.30. The van der Waals surface area contributed by atoms with Crippen molar-refractivity contribution in [2.24, 2.45) is 0 Å². The van der Waals surface area contributed by atoms with Gasteiger partial charge in [-0.05, 0) is 41.0 Å². The SMILES string of the molecule is O[C@@H]1O[C@H](COCc2ccccc2)[C@@H](OCc2ccccc2)[C@H](OCc2ccccc2)[C@H]1Nc1ccc(Cl)cc1. The topological polar surface area (TPSA) is 69.2 Å². The molecule has 7 heteroatoms. The highest BCUT2D eigenvalue weighted by Gasteiger charge is 2.47. The molecule has 0 aliphatic carbocycles. The highest BCUT2D eigenvalue weighted by atomic mass is 35.5. The van der Waals surface area contributed by atoms with Gasteiger partial charge in [0.2, 0.25) is 0 Å². The molecule has 208 valence electrons. The van der Waals surface area contributed by atoms with E-state index in [2.05, 4.69) is 5.32 Å². The Bertz CT molecular complexity index is 1280. The summed E-state index contributed by atoms with van der Waals surface area (Å²) < 4.78 is 25.3. The predicted molar refractivity (Wildman–Crippen MR) is 156 cm³/mol. The standard InChI is InChI=1S/C33H34ClNO5/c34-27-16-18-28(19-17-27)35-30-32(39-22-26-14-8-3-9-15-26)31(38-21-25-12-6-2-7-13-25)29(40-33(30)36)23-37-20-24-10-4-1-5-11-24/h1-19,29-33,35-36H,20-23H2/t29-,30-,31-,32-,33-/m1/s1. The Hall–Kier alpha value is -3.23. The van der Waals surface area contributed by atoms with E-state index in [9.17, 15) is 5.11 Å². The van der Waals surface area contributed by atoms with Crippen LogP contribution in [-0.2, 0) is 38.8 Å². The normalized spacial score (nSPS) is 22.6. The molecule has 0 aromatic heterocycles. The Balaban J connectivity index is 1.39. The molecule has 6 nitrogen and oxygen atoms in total. The maximum Gasteiger partial charge on any atom is 0.178 e. The molecular weight excluding hydrogens is 526 g/mol. The lowest BCUT2D eigenvalue weighted by atomic mass is 9.95. The molecule has 2 N–H and O–H groups in total. The van der Waals surface area contributed by atoms with E-state index in [1.54, 1.807) is 12.1 Å². The number of anilines is 1. The van der Waals surface area contributed by atoms with Crippen LogP contribution in [0.5, 0.6) is 0 Å². The molecule has 1 saturated heterocycles. The molecule has 0 spiro atoms. The second-order valence-corrected chi connectivity index (χ2v) is 10.2. The fourth-order valence-corrected chi connectivity index (χ4v) is 4.87. The number of benzene rings is 4. The zero-order valence-corrected chi connectivity index (χ0v) is 22.9. The zero-order valence-electron chi connectivity index (χ0n) is 22.1. The molecule has 40 heavy (non-hydrogen) atoms. The van der Waals surface area contributed by atoms with Crippen molar-refractivity contribution in [3.8, 4) is 0 Å². The first kappa shape index (κ1) is 28.3. The summed E-state index contributed by atoms with van der Waals surface area (Å²) in [7, 11) is 0. The van der Waals surface area contributed by atoms with Gasteiger partial charge in [0.25, 0.3) is 0 Å². The van der Waals surface area contributed by atoms with Gasteiger partial charge in [-0.15, -0.1) is 0 Å². The number of nitrogens with one attached hydrogen (secondary N) is 1. The number of hydrogen-bond donors (Lipinski definition) is 2. The molecule has 5 rings (SSSR count). The highest BCUT2D eigenvalue weighted by Crippen LogP contribution is 2.30. The molecule has 5 atom stereocenters. The van der Waals surface area contributed by atoms with Crippen LogP contribution >= 0.6 is 11.6 Å². The molecule has 0 amide bonds. The summed E-state index contributed by atoms with van der Waals surface area (Å²) >= 11 is 6.10. The summed E-state index contributed by atoms with van der Waals surface area (Å²) in [6, 6.07) is 36.6. The van der Waals surface area contributed by atoms with Crippen molar-refractivity contribution < 1.29 is 24.1 Å². The molecule has 1 aliphatic heterocycles. The van der Waals surface area contributed by atoms with E-state index < -0.39 is 30.6 Å². The van der Waals surface area contributed by atoms with Gasteiger partial charge in [-0.3, -0.25) is 0 Å². The summed E-state index contributed by atoms with van der Waals surface area (Å²) in [5, 5.41) is 15.3. The maximum atomic E-state index is 11.2. The lowest BCUT2D eigenvalue weighted by Crippen LogP contribution is -2.62. The Morgan fingerprint density at radius 2 is 1.15 bits per heavy atom. The maximum absolute atomic E-state index is 11.2. The molecular formula is C33H34ClNO5. The second-order valence-electron chi connectivity index (χ2n) is 9.77. The Labute approximate surface area is 240 Å². The van der Waals surface area contributed by atoms with Gasteiger partial charge in [-0.1, -0.05) is 103 Å². The predicted octanol–water partition coefficient (Wildman–Crippen LogP) is 6.23. The number of halogens is 1. The lowest BCUT2D eigenvalue weighted by Gasteiger charge is -2.45. The molecule has 1 heterocycles. The van der Waals surface area contributed by atoms with Crippen LogP contribution in [0.1, 0.15) is 16.7 Å². The molecule has 0 radical (unpaired) electrons. The van der Waals surface area contributed by atoms with Gasteiger partial charge in [-0.2, -0.15) is 0 Å².